The first kappa shape index (κ1) is 31.9. The fourth-order valence-corrected chi connectivity index (χ4v) is 8.41. The number of rotatable bonds is 6. The molecule has 0 amide bonds. The Bertz CT molecular complexity index is 3030. The number of pyridine rings is 2. The average molecular weight is 715 g/mol. The number of nitrogens with zero attached hydrogens (tertiary/aromatic N) is 4. The van der Waals surface area contributed by atoms with Gasteiger partial charge in [0, 0.05) is 32.7 Å². The highest BCUT2D eigenvalue weighted by molar-refractivity contribution is 6.28. The highest BCUT2D eigenvalue weighted by Gasteiger charge is 2.21. The van der Waals surface area contributed by atoms with E-state index in [9.17, 15) is 0 Å². The molecule has 0 spiro atoms. The molecule has 7 aromatic carbocycles. The van der Waals surface area contributed by atoms with E-state index in [2.05, 4.69) is 215 Å². The Morgan fingerprint density at radius 3 is 1.11 bits per heavy atom. The molecule has 0 aliphatic carbocycles. The fourth-order valence-electron chi connectivity index (χ4n) is 8.41. The zero-order valence-electron chi connectivity index (χ0n) is 30.4. The van der Waals surface area contributed by atoms with Crippen LogP contribution in [0.3, 0.4) is 0 Å². The van der Waals surface area contributed by atoms with Gasteiger partial charge in [-0.2, -0.15) is 0 Å². The zero-order valence-corrected chi connectivity index (χ0v) is 30.4. The Labute approximate surface area is 324 Å². The molecule has 0 N–H and O–H groups in total. The standard InChI is InChI=1S/C52H34N4/c1-3-15-35(16-4-1)37-19-11-21-39(33-37)43-25-13-29-49(53-43)55-45-27-9-7-23-41(45)51-47(55)31-32-48-52(51)42-24-8-10-28-46(42)56(48)50-30-14-26-44(54-50)40-22-12-20-38(34-40)36-17-5-2-6-18-36/h1-34H. The molecule has 262 valence electrons. The summed E-state index contributed by atoms with van der Waals surface area (Å²) in [5, 5.41) is 4.79. The second kappa shape index (κ2) is 13.1. The second-order valence-electron chi connectivity index (χ2n) is 14.2. The molecule has 4 aromatic heterocycles. The summed E-state index contributed by atoms with van der Waals surface area (Å²) < 4.78 is 4.64. The lowest BCUT2D eigenvalue weighted by atomic mass is 10.0. The lowest BCUT2D eigenvalue weighted by molar-refractivity contribution is 1.08. The number of para-hydroxylation sites is 2. The number of aromatic nitrogens is 4. The SMILES string of the molecule is c1ccc(-c2cccc(-c3cccc(-n4c5ccccc5c5c6c7ccccc7n(-c7cccc(-c8cccc(-c9ccccc9)c8)n7)c6ccc54)n3)c2)cc1. The molecule has 4 nitrogen and oxygen atoms in total. The molecule has 0 radical (unpaired) electrons. The van der Waals surface area contributed by atoms with Crippen LogP contribution in [-0.2, 0) is 0 Å². The molecule has 0 saturated heterocycles. The average Bonchev–Trinajstić information content (AvgIpc) is 3.80. The second-order valence-corrected chi connectivity index (χ2v) is 14.2. The zero-order chi connectivity index (χ0) is 37.0. The van der Waals surface area contributed by atoms with Crippen molar-refractivity contribution in [1.29, 1.82) is 0 Å². The molecule has 0 fully saturated rings. The molecule has 0 atom stereocenters. The smallest absolute Gasteiger partial charge is 0.138 e. The summed E-state index contributed by atoms with van der Waals surface area (Å²) >= 11 is 0. The summed E-state index contributed by atoms with van der Waals surface area (Å²) in [4.78, 5) is 10.7. The minimum absolute atomic E-state index is 0.883. The summed E-state index contributed by atoms with van der Waals surface area (Å²) in [6, 6.07) is 72.9. The van der Waals surface area contributed by atoms with Crippen LogP contribution in [0, 0.1) is 0 Å². The molecule has 0 aliphatic rings. The van der Waals surface area contributed by atoms with E-state index in [0.29, 0.717) is 0 Å². The van der Waals surface area contributed by atoms with Gasteiger partial charge in [-0.1, -0.05) is 146 Å². The summed E-state index contributed by atoms with van der Waals surface area (Å²) in [5.41, 5.74) is 13.2. The van der Waals surface area contributed by atoms with E-state index in [4.69, 9.17) is 9.97 Å². The Kier molecular flexibility index (Phi) is 7.46. The van der Waals surface area contributed by atoms with Gasteiger partial charge in [-0.15, -0.1) is 0 Å². The third-order valence-electron chi connectivity index (χ3n) is 10.9. The molecule has 0 aliphatic heterocycles. The number of fused-ring (bicyclic) bond motifs is 7. The summed E-state index contributed by atoms with van der Waals surface area (Å²) in [7, 11) is 0. The molecule has 4 heterocycles. The first-order chi connectivity index (χ1) is 27.8. The van der Waals surface area contributed by atoms with Crippen molar-refractivity contribution in [3.8, 4) is 56.4 Å². The first-order valence-electron chi connectivity index (χ1n) is 19.0. The Morgan fingerprint density at radius 2 is 0.643 bits per heavy atom. The van der Waals surface area contributed by atoms with Crippen LogP contribution in [-0.4, -0.2) is 19.1 Å². The van der Waals surface area contributed by atoms with E-state index in [0.717, 1.165) is 56.2 Å². The Hall–Kier alpha value is -7.56. The highest BCUT2D eigenvalue weighted by atomic mass is 15.1. The molecule has 11 aromatic rings. The third-order valence-corrected chi connectivity index (χ3v) is 10.9. The van der Waals surface area contributed by atoms with Crippen LogP contribution in [0.15, 0.2) is 206 Å². The van der Waals surface area contributed by atoms with Crippen LogP contribution < -0.4 is 0 Å². The Morgan fingerprint density at radius 1 is 0.268 bits per heavy atom. The predicted molar refractivity (Wildman–Crippen MR) is 232 cm³/mol. The van der Waals surface area contributed by atoms with E-state index in [1.807, 2.05) is 0 Å². The maximum Gasteiger partial charge on any atom is 0.138 e. The molecule has 0 unspecified atom stereocenters. The summed E-state index contributed by atoms with van der Waals surface area (Å²) in [5.74, 6) is 1.77. The third kappa shape index (κ3) is 5.23. The van der Waals surface area contributed by atoms with Crippen LogP contribution >= 0.6 is 0 Å². The monoisotopic (exact) mass is 714 g/mol. The van der Waals surface area contributed by atoms with E-state index in [-0.39, 0.29) is 0 Å². The molecular formula is C52H34N4. The van der Waals surface area contributed by atoms with Crippen LogP contribution in [0.25, 0.3) is 100 Å². The van der Waals surface area contributed by atoms with Gasteiger partial charge in [-0.3, -0.25) is 9.13 Å². The van der Waals surface area contributed by atoms with Gasteiger partial charge in [0.15, 0.2) is 0 Å². The van der Waals surface area contributed by atoms with Crippen molar-refractivity contribution in [2.75, 3.05) is 0 Å². The van der Waals surface area contributed by atoms with Crippen molar-refractivity contribution in [3.63, 3.8) is 0 Å². The van der Waals surface area contributed by atoms with Crippen molar-refractivity contribution >= 4 is 43.6 Å². The van der Waals surface area contributed by atoms with Gasteiger partial charge in [0.25, 0.3) is 0 Å². The quantitative estimate of drug-likeness (QED) is 0.172. The van der Waals surface area contributed by atoms with Crippen LogP contribution in [0.2, 0.25) is 0 Å². The molecule has 0 saturated carbocycles. The van der Waals surface area contributed by atoms with E-state index in [1.54, 1.807) is 0 Å². The van der Waals surface area contributed by atoms with Crippen LogP contribution in [0.5, 0.6) is 0 Å². The minimum Gasteiger partial charge on any atom is -0.294 e. The largest absolute Gasteiger partial charge is 0.294 e. The molecule has 11 rings (SSSR count). The maximum atomic E-state index is 5.33. The minimum atomic E-state index is 0.883. The normalized spacial score (nSPS) is 11.6. The highest BCUT2D eigenvalue weighted by Crippen LogP contribution is 2.42. The molecular weight excluding hydrogens is 681 g/mol. The van der Waals surface area contributed by atoms with E-state index < -0.39 is 0 Å². The van der Waals surface area contributed by atoms with Crippen molar-refractivity contribution < 1.29 is 0 Å². The number of hydrogen-bond acceptors (Lipinski definition) is 2. The fraction of sp³-hybridized carbons (Fsp3) is 0. The molecule has 4 heteroatoms. The van der Waals surface area contributed by atoms with Gasteiger partial charge >= 0.3 is 0 Å². The van der Waals surface area contributed by atoms with Crippen molar-refractivity contribution in [2.24, 2.45) is 0 Å². The van der Waals surface area contributed by atoms with E-state index in [1.165, 1.54) is 43.8 Å². The van der Waals surface area contributed by atoms with Crippen molar-refractivity contribution in [1.82, 2.24) is 19.1 Å². The topological polar surface area (TPSA) is 35.6 Å². The lowest BCUT2D eigenvalue weighted by Crippen LogP contribution is -1.99. The summed E-state index contributed by atoms with van der Waals surface area (Å²) in [6.45, 7) is 0. The van der Waals surface area contributed by atoms with E-state index >= 15 is 0 Å². The number of benzene rings is 7. The van der Waals surface area contributed by atoms with Crippen LogP contribution in [0.4, 0.5) is 0 Å². The Balaban J connectivity index is 1.09. The lowest BCUT2D eigenvalue weighted by Gasteiger charge is -2.11. The van der Waals surface area contributed by atoms with Gasteiger partial charge in [-0.05, 0) is 82.9 Å². The molecule has 56 heavy (non-hydrogen) atoms. The predicted octanol–water partition coefficient (Wildman–Crippen LogP) is 13.3. The maximum absolute atomic E-state index is 5.33. The molecule has 0 bridgehead atoms. The van der Waals surface area contributed by atoms with Gasteiger partial charge in [0.05, 0.1) is 33.5 Å². The van der Waals surface area contributed by atoms with Gasteiger partial charge < -0.3 is 0 Å². The van der Waals surface area contributed by atoms with Crippen LogP contribution in [0.1, 0.15) is 0 Å². The summed E-state index contributed by atoms with van der Waals surface area (Å²) in [6.07, 6.45) is 0. The van der Waals surface area contributed by atoms with Gasteiger partial charge in [0.2, 0.25) is 0 Å². The van der Waals surface area contributed by atoms with Gasteiger partial charge in [0.1, 0.15) is 11.6 Å². The van der Waals surface area contributed by atoms with Crippen molar-refractivity contribution in [2.45, 2.75) is 0 Å². The van der Waals surface area contributed by atoms with Crippen molar-refractivity contribution in [3.05, 3.63) is 206 Å². The first-order valence-corrected chi connectivity index (χ1v) is 19.0. The van der Waals surface area contributed by atoms with Gasteiger partial charge in [-0.25, -0.2) is 9.97 Å². The number of hydrogen-bond donors (Lipinski definition) is 0.